The molecule has 5 atom stereocenters. The number of esters is 1. The van der Waals surface area contributed by atoms with Crippen LogP contribution < -0.4 is 0 Å². The molecule has 4 heteroatoms. The third-order valence-corrected chi connectivity index (χ3v) is 7.49. The predicted molar refractivity (Wildman–Crippen MR) is 105 cm³/mol. The van der Waals surface area contributed by atoms with E-state index >= 15 is 0 Å². The van der Waals surface area contributed by atoms with Gasteiger partial charge in [-0.15, -0.1) is 0 Å². The molecule has 3 nitrogen and oxygen atoms in total. The van der Waals surface area contributed by atoms with Crippen molar-refractivity contribution in [1.82, 2.24) is 0 Å². The van der Waals surface area contributed by atoms with Gasteiger partial charge in [-0.2, -0.15) is 0 Å². The Morgan fingerprint density at radius 2 is 2.24 bits per heavy atom. The summed E-state index contributed by atoms with van der Waals surface area (Å²) >= 11 is 3.58. The number of hydrogen-bond donors (Lipinski definition) is 1. The number of carbonyl (C=O) groups is 1. The molecule has 0 aliphatic heterocycles. The van der Waals surface area contributed by atoms with E-state index in [-0.39, 0.29) is 0 Å². The topological polar surface area (TPSA) is 46.5 Å². The summed E-state index contributed by atoms with van der Waals surface area (Å²) in [6.07, 6.45) is 8.90. The zero-order chi connectivity index (χ0) is 18.7. The van der Waals surface area contributed by atoms with Gasteiger partial charge in [0.2, 0.25) is 0 Å². The Morgan fingerprint density at radius 3 is 2.88 bits per heavy atom. The molecule has 1 N–H and O–H groups in total. The fraction of sp³-hybridized carbons (Fsp3) is 0.857. The van der Waals surface area contributed by atoms with Crippen LogP contribution >= 0.6 is 15.9 Å². The van der Waals surface area contributed by atoms with E-state index < -0.39 is 11.6 Å². The maximum absolute atomic E-state index is 11.8. The Morgan fingerprint density at radius 1 is 1.52 bits per heavy atom. The van der Waals surface area contributed by atoms with Crippen LogP contribution in [-0.4, -0.2) is 23.3 Å². The third kappa shape index (κ3) is 4.50. The van der Waals surface area contributed by atoms with Crippen LogP contribution in [0.4, 0.5) is 0 Å². The molecule has 0 aromatic rings. The van der Waals surface area contributed by atoms with Crippen molar-refractivity contribution in [2.24, 2.45) is 23.2 Å². The number of allylic oxidation sites excluding steroid dienone is 1. The molecular formula is C21H35BrO3. The predicted octanol–water partition coefficient (Wildman–Crippen LogP) is 5.60. The molecule has 0 heterocycles. The lowest BCUT2D eigenvalue weighted by Crippen LogP contribution is -2.37. The first-order valence-electron chi connectivity index (χ1n) is 9.95. The standard InChI is InChI=1S/C21H35BrO3/c1-5-25-19(23)21(4,24)13-6-8-15(2)17-10-11-18-16(14-22)9-7-12-20(17,18)3/h14-15,17-18,24H,5-13H2,1-4H3/t15-,17-,18?,20-,21+/m1/s1. The van der Waals surface area contributed by atoms with E-state index in [1.807, 2.05) is 0 Å². The third-order valence-electron chi connectivity index (χ3n) is 6.90. The number of rotatable bonds is 7. The average Bonchev–Trinajstić information content (AvgIpc) is 2.91. The van der Waals surface area contributed by atoms with Crippen molar-refractivity contribution in [3.63, 3.8) is 0 Å². The van der Waals surface area contributed by atoms with Crippen molar-refractivity contribution >= 4 is 21.9 Å². The fourth-order valence-corrected chi connectivity index (χ4v) is 6.05. The monoisotopic (exact) mass is 414 g/mol. The first-order chi connectivity index (χ1) is 11.8. The highest BCUT2D eigenvalue weighted by atomic mass is 79.9. The quantitative estimate of drug-likeness (QED) is 0.551. The second kappa shape index (κ2) is 8.56. The highest BCUT2D eigenvalue weighted by Crippen LogP contribution is 2.60. The minimum atomic E-state index is -1.35. The molecule has 2 fully saturated rings. The number of fused-ring (bicyclic) bond motifs is 1. The van der Waals surface area contributed by atoms with E-state index in [2.05, 4.69) is 34.8 Å². The Kier molecular flexibility index (Phi) is 7.17. The zero-order valence-corrected chi connectivity index (χ0v) is 17.9. The molecule has 2 aliphatic rings. The second-order valence-electron chi connectivity index (χ2n) is 8.64. The number of aliphatic hydroxyl groups is 1. The molecule has 0 aromatic heterocycles. The zero-order valence-electron chi connectivity index (χ0n) is 16.3. The van der Waals surface area contributed by atoms with Crippen molar-refractivity contribution in [1.29, 1.82) is 0 Å². The molecular weight excluding hydrogens is 380 g/mol. The minimum Gasteiger partial charge on any atom is -0.464 e. The average molecular weight is 415 g/mol. The van der Waals surface area contributed by atoms with Crippen LogP contribution in [-0.2, 0) is 9.53 Å². The van der Waals surface area contributed by atoms with Crippen LogP contribution in [0.3, 0.4) is 0 Å². The van der Waals surface area contributed by atoms with Crippen molar-refractivity contribution in [2.45, 2.75) is 84.7 Å². The lowest BCUT2D eigenvalue weighted by molar-refractivity contribution is -0.164. The van der Waals surface area contributed by atoms with Crippen LogP contribution in [0, 0.1) is 23.2 Å². The molecule has 2 rings (SSSR count). The summed E-state index contributed by atoms with van der Waals surface area (Å²) in [5, 5.41) is 10.3. The van der Waals surface area contributed by atoms with E-state index in [4.69, 9.17) is 4.74 Å². The molecule has 0 spiro atoms. The van der Waals surface area contributed by atoms with Gasteiger partial charge in [0.25, 0.3) is 0 Å². The van der Waals surface area contributed by atoms with Gasteiger partial charge in [-0.1, -0.05) is 41.8 Å². The van der Waals surface area contributed by atoms with Crippen molar-refractivity contribution in [2.75, 3.05) is 6.61 Å². The Hall–Kier alpha value is -0.350. The van der Waals surface area contributed by atoms with Gasteiger partial charge in [0.1, 0.15) is 0 Å². The van der Waals surface area contributed by atoms with Crippen LogP contribution in [0.1, 0.15) is 79.1 Å². The molecule has 1 unspecified atom stereocenters. The highest BCUT2D eigenvalue weighted by Gasteiger charge is 2.50. The summed E-state index contributed by atoms with van der Waals surface area (Å²) < 4.78 is 4.98. The van der Waals surface area contributed by atoms with Crippen molar-refractivity contribution in [3.8, 4) is 0 Å². The number of carbonyl (C=O) groups excluding carboxylic acids is 1. The SMILES string of the molecule is CCOC(=O)[C@@](C)(O)CCC[C@@H](C)[C@H]1CCC2C(=CBr)CCC[C@@]21C. The number of hydrogen-bond acceptors (Lipinski definition) is 3. The molecule has 0 radical (unpaired) electrons. The highest BCUT2D eigenvalue weighted by molar-refractivity contribution is 9.11. The van der Waals surface area contributed by atoms with Gasteiger partial charge in [0.05, 0.1) is 6.61 Å². The summed E-state index contributed by atoms with van der Waals surface area (Å²) in [5.74, 6) is 1.61. The Balaban J connectivity index is 1.91. The van der Waals surface area contributed by atoms with E-state index in [0.29, 0.717) is 24.4 Å². The van der Waals surface area contributed by atoms with Crippen molar-refractivity contribution < 1.29 is 14.6 Å². The van der Waals surface area contributed by atoms with Crippen molar-refractivity contribution in [3.05, 3.63) is 10.6 Å². The van der Waals surface area contributed by atoms with Gasteiger partial charge in [-0.25, -0.2) is 4.79 Å². The van der Waals surface area contributed by atoms with Crippen LogP contribution in [0.2, 0.25) is 0 Å². The molecule has 0 saturated heterocycles. The second-order valence-corrected chi connectivity index (χ2v) is 9.10. The smallest absolute Gasteiger partial charge is 0.337 e. The van der Waals surface area contributed by atoms with E-state index in [0.717, 1.165) is 24.7 Å². The summed E-state index contributed by atoms with van der Waals surface area (Å²) in [6.45, 7) is 8.53. The first kappa shape index (κ1) is 21.0. The Bertz CT molecular complexity index is 499. The molecule has 2 saturated carbocycles. The van der Waals surface area contributed by atoms with E-state index in [1.54, 1.807) is 19.4 Å². The molecule has 0 aromatic carbocycles. The van der Waals surface area contributed by atoms with Gasteiger partial charge < -0.3 is 9.84 Å². The van der Waals surface area contributed by atoms with Gasteiger partial charge in [0.15, 0.2) is 5.60 Å². The molecule has 0 amide bonds. The van der Waals surface area contributed by atoms with Crippen LogP contribution in [0.25, 0.3) is 0 Å². The molecule has 2 aliphatic carbocycles. The lowest BCUT2D eigenvalue weighted by Gasteiger charge is -2.44. The number of ether oxygens (including phenoxy) is 1. The normalized spacial score (nSPS) is 34.4. The van der Waals surface area contributed by atoms with E-state index in [9.17, 15) is 9.90 Å². The van der Waals surface area contributed by atoms with Gasteiger partial charge in [0, 0.05) is 0 Å². The van der Waals surface area contributed by atoms with Gasteiger partial charge in [-0.05, 0) is 86.9 Å². The lowest BCUT2D eigenvalue weighted by atomic mass is 9.61. The fourth-order valence-electron chi connectivity index (χ4n) is 5.50. The van der Waals surface area contributed by atoms with Crippen LogP contribution in [0.15, 0.2) is 10.6 Å². The first-order valence-corrected chi connectivity index (χ1v) is 10.9. The Labute approximate surface area is 161 Å². The summed E-state index contributed by atoms with van der Waals surface area (Å²) in [5.41, 5.74) is 0.670. The summed E-state index contributed by atoms with van der Waals surface area (Å²) in [6, 6.07) is 0. The van der Waals surface area contributed by atoms with Gasteiger partial charge in [-0.3, -0.25) is 0 Å². The maximum atomic E-state index is 11.8. The van der Waals surface area contributed by atoms with E-state index in [1.165, 1.54) is 32.1 Å². The summed E-state index contributed by atoms with van der Waals surface area (Å²) in [7, 11) is 0. The minimum absolute atomic E-state index is 0.316. The molecule has 25 heavy (non-hydrogen) atoms. The molecule has 0 bridgehead atoms. The molecule has 144 valence electrons. The number of halogens is 1. The van der Waals surface area contributed by atoms with Gasteiger partial charge >= 0.3 is 5.97 Å². The largest absolute Gasteiger partial charge is 0.464 e. The maximum Gasteiger partial charge on any atom is 0.337 e. The van der Waals surface area contributed by atoms with Crippen LogP contribution in [0.5, 0.6) is 0 Å². The summed E-state index contributed by atoms with van der Waals surface area (Å²) in [4.78, 5) is 14.0.